The summed E-state index contributed by atoms with van der Waals surface area (Å²) >= 11 is 1.63. The zero-order chi connectivity index (χ0) is 17.2. The van der Waals surface area contributed by atoms with Crippen LogP contribution < -0.4 is 4.31 Å². The second-order valence-corrected chi connectivity index (χ2v) is 8.73. The molecule has 5 nitrogen and oxygen atoms in total. The molecule has 0 radical (unpaired) electrons. The van der Waals surface area contributed by atoms with Crippen LogP contribution >= 0.6 is 11.3 Å². The van der Waals surface area contributed by atoms with E-state index in [2.05, 4.69) is 0 Å². The minimum Gasteiger partial charge on any atom is -0.334 e. The van der Waals surface area contributed by atoms with Crippen molar-refractivity contribution in [1.82, 2.24) is 4.90 Å². The van der Waals surface area contributed by atoms with Gasteiger partial charge in [0.2, 0.25) is 10.0 Å². The molecule has 0 bridgehead atoms. The Morgan fingerprint density at radius 2 is 2.00 bits per heavy atom. The SMILES string of the molecule is CCN(Cc1cccs1)C(=O)c1ccc(N2CCCS2(=O)=O)cc1. The molecule has 1 amide bonds. The number of rotatable bonds is 5. The fraction of sp³-hybridized carbons (Fsp3) is 0.353. The van der Waals surface area contributed by atoms with Crippen LogP contribution in [0.15, 0.2) is 41.8 Å². The van der Waals surface area contributed by atoms with Crippen molar-refractivity contribution in [2.75, 3.05) is 23.1 Å². The maximum absolute atomic E-state index is 12.7. The standard InChI is InChI=1S/C17H20N2O3S2/c1-2-18(13-16-5-3-11-23-16)17(20)14-6-8-15(9-7-14)19-10-4-12-24(19,21)22/h3,5-9,11H,2,4,10,12-13H2,1H3. The van der Waals surface area contributed by atoms with E-state index in [1.807, 2.05) is 24.4 Å². The van der Waals surface area contributed by atoms with Crippen molar-refractivity contribution in [2.45, 2.75) is 19.9 Å². The second-order valence-electron chi connectivity index (χ2n) is 5.69. The fourth-order valence-corrected chi connectivity index (χ4v) is 5.08. The Morgan fingerprint density at radius 1 is 1.25 bits per heavy atom. The van der Waals surface area contributed by atoms with E-state index >= 15 is 0 Å². The molecular formula is C17H20N2O3S2. The van der Waals surface area contributed by atoms with E-state index in [-0.39, 0.29) is 11.7 Å². The molecule has 0 N–H and O–H groups in total. The molecular weight excluding hydrogens is 344 g/mol. The van der Waals surface area contributed by atoms with Crippen LogP contribution in [0.3, 0.4) is 0 Å². The first-order valence-corrected chi connectivity index (χ1v) is 10.4. The maximum Gasteiger partial charge on any atom is 0.254 e. The predicted octanol–water partition coefficient (Wildman–Crippen LogP) is 2.95. The molecule has 1 aliphatic rings. The third-order valence-electron chi connectivity index (χ3n) is 4.10. The molecule has 1 fully saturated rings. The molecule has 0 atom stereocenters. The summed E-state index contributed by atoms with van der Waals surface area (Å²) in [4.78, 5) is 15.6. The van der Waals surface area contributed by atoms with Gasteiger partial charge >= 0.3 is 0 Å². The van der Waals surface area contributed by atoms with Crippen molar-refractivity contribution in [2.24, 2.45) is 0 Å². The third kappa shape index (κ3) is 3.47. The molecule has 128 valence electrons. The molecule has 1 aromatic heterocycles. The van der Waals surface area contributed by atoms with E-state index in [0.717, 1.165) is 4.88 Å². The Labute approximate surface area is 146 Å². The molecule has 3 rings (SSSR count). The summed E-state index contributed by atoms with van der Waals surface area (Å²) in [6.45, 7) is 3.68. The van der Waals surface area contributed by atoms with Crippen molar-refractivity contribution >= 4 is 33.0 Å². The van der Waals surface area contributed by atoms with E-state index < -0.39 is 10.0 Å². The van der Waals surface area contributed by atoms with Gasteiger partial charge in [-0.1, -0.05) is 6.07 Å². The van der Waals surface area contributed by atoms with Crippen molar-refractivity contribution < 1.29 is 13.2 Å². The quantitative estimate of drug-likeness (QED) is 0.820. The van der Waals surface area contributed by atoms with Crippen LogP contribution in [0.5, 0.6) is 0 Å². The normalized spacial score (nSPS) is 16.3. The number of carbonyl (C=O) groups is 1. The Bertz CT molecular complexity index is 799. The molecule has 0 unspecified atom stereocenters. The van der Waals surface area contributed by atoms with Gasteiger partial charge in [-0.05, 0) is 49.1 Å². The number of thiophene rings is 1. The minimum atomic E-state index is -3.19. The molecule has 2 aromatic rings. The molecule has 1 aliphatic heterocycles. The molecule has 1 saturated heterocycles. The number of nitrogens with zero attached hydrogens (tertiary/aromatic N) is 2. The van der Waals surface area contributed by atoms with Crippen LogP contribution in [-0.4, -0.2) is 38.1 Å². The van der Waals surface area contributed by atoms with Crippen LogP contribution in [0.4, 0.5) is 5.69 Å². The summed E-state index contributed by atoms with van der Waals surface area (Å²) in [7, 11) is -3.19. The lowest BCUT2D eigenvalue weighted by atomic mass is 10.1. The number of hydrogen-bond acceptors (Lipinski definition) is 4. The first-order chi connectivity index (χ1) is 11.5. The number of carbonyl (C=O) groups excluding carboxylic acids is 1. The van der Waals surface area contributed by atoms with Gasteiger partial charge in [-0.15, -0.1) is 11.3 Å². The van der Waals surface area contributed by atoms with Crippen molar-refractivity contribution in [1.29, 1.82) is 0 Å². The van der Waals surface area contributed by atoms with Gasteiger partial charge in [-0.3, -0.25) is 9.10 Å². The molecule has 24 heavy (non-hydrogen) atoms. The highest BCUT2D eigenvalue weighted by Crippen LogP contribution is 2.24. The molecule has 0 saturated carbocycles. The molecule has 0 spiro atoms. The molecule has 7 heteroatoms. The largest absolute Gasteiger partial charge is 0.334 e. The summed E-state index contributed by atoms with van der Waals surface area (Å²) in [5.74, 6) is 0.153. The Balaban J connectivity index is 1.75. The van der Waals surface area contributed by atoms with Gasteiger partial charge in [0.05, 0.1) is 18.0 Å². The van der Waals surface area contributed by atoms with Gasteiger partial charge in [-0.25, -0.2) is 8.42 Å². The first kappa shape index (κ1) is 17.0. The summed E-state index contributed by atoms with van der Waals surface area (Å²) in [5.41, 5.74) is 1.21. The summed E-state index contributed by atoms with van der Waals surface area (Å²) < 4.78 is 25.4. The number of hydrogen-bond donors (Lipinski definition) is 0. The van der Waals surface area contributed by atoms with Gasteiger partial charge in [0.15, 0.2) is 0 Å². The van der Waals surface area contributed by atoms with Crippen LogP contribution in [0.25, 0.3) is 0 Å². The lowest BCUT2D eigenvalue weighted by Gasteiger charge is -2.21. The van der Waals surface area contributed by atoms with E-state index in [9.17, 15) is 13.2 Å². The van der Waals surface area contributed by atoms with E-state index in [1.165, 1.54) is 4.31 Å². The van der Waals surface area contributed by atoms with Crippen LogP contribution in [0.2, 0.25) is 0 Å². The van der Waals surface area contributed by atoms with Crippen molar-refractivity contribution in [3.05, 3.63) is 52.2 Å². The van der Waals surface area contributed by atoms with Crippen LogP contribution in [0, 0.1) is 0 Å². The lowest BCUT2D eigenvalue weighted by molar-refractivity contribution is 0.0754. The smallest absolute Gasteiger partial charge is 0.254 e. The number of amides is 1. The molecule has 2 heterocycles. The van der Waals surface area contributed by atoms with E-state index in [0.29, 0.717) is 37.3 Å². The Hall–Kier alpha value is -1.86. The molecule has 1 aromatic carbocycles. The van der Waals surface area contributed by atoms with E-state index in [4.69, 9.17) is 0 Å². The third-order valence-corrected chi connectivity index (χ3v) is 6.83. The average Bonchev–Trinajstić information content (AvgIpc) is 3.21. The molecule has 0 aliphatic carbocycles. The van der Waals surface area contributed by atoms with Gasteiger partial charge < -0.3 is 4.90 Å². The van der Waals surface area contributed by atoms with Crippen LogP contribution in [0.1, 0.15) is 28.6 Å². The fourth-order valence-electron chi connectivity index (χ4n) is 2.80. The summed E-state index contributed by atoms with van der Waals surface area (Å²) in [5, 5.41) is 2.00. The predicted molar refractivity (Wildman–Crippen MR) is 96.9 cm³/mol. The highest BCUT2D eigenvalue weighted by molar-refractivity contribution is 7.93. The van der Waals surface area contributed by atoms with Gasteiger partial charge in [-0.2, -0.15) is 0 Å². The maximum atomic E-state index is 12.7. The van der Waals surface area contributed by atoms with Crippen molar-refractivity contribution in [3.63, 3.8) is 0 Å². The van der Waals surface area contributed by atoms with Gasteiger partial charge in [0.25, 0.3) is 5.91 Å². The van der Waals surface area contributed by atoms with E-state index in [1.54, 1.807) is 40.5 Å². The monoisotopic (exact) mass is 364 g/mol. The number of anilines is 1. The average molecular weight is 364 g/mol. The van der Waals surface area contributed by atoms with Crippen molar-refractivity contribution in [3.8, 4) is 0 Å². The van der Waals surface area contributed by atoms with Gasteiger partial charge in [0.1, 0.15) is 0 Å². The highest BCUT2D eigenvalue weighted by atomic mass is 32.2. The van der Waals surface area contributed by atoms with Crippen LogP contribution in [-0.2, 0) is 16.6 Å². The number of benzene rings is 1. The van der Waals surface area contributed by atoms with Gasteiger partial charge in [0, 0.05) is 23.5 Å². The Morgan fingerprint density at radius 3 is 2.54 bits per heavy atom. The topological polar surface area (TPSA) is 57.7 Å². The lowest BCUT2D eigenvalue weighted by Crippen LogP contribution is -2.30. The number of sulfonamides is 1. The first-order valence-electron chi connectivity index (χ1n) is 7.93. The summed E-state index contributed by atoms with van der Waals surface area (Å²) in [6.07, 6.45) is 0.646. The second kappa shape index (κ2) is 6.94. The zero-order valence-electron chi connectivity index (χ0n) is 13.5. The highest BCUT2D eigenvalue weighted by Gasteiger charge is 2.28. The Kier molecular flexibility index (Phi) is 4.91. The summed E-state index contributed by atoms with van der Waals surface area (Å²) in [6, 6.07) is 10.8. The zero-order valence-corrected chi connectivity index (χ0v) is 15.1. The minimum absolute atomic E-state index is 0.0401.